The Kier molecular flexibility index (Phi) is 4.43. The number of carbonyl (C=O) groups is 1. The number of terminal acetylenes is 1. The first-order chi connectivity index (χ1) is 10.3. The van der Waals surface area contributed by atoms with Gasteiger partial charge in [0.25, 0.3) is 5.91 Å². The number of nitrogens with zero attached hydrogens (tertiary/aromatic N) is 2. The SMILES string of the molecule is C#CCNC(=O)c1cnn(-c2cccc(Cl)c2)c1C(F)(F)F. The van der Waals surface area contributed by atoms with E-state index in [0.717, 1.165) is 6.20 Å². The maximum absolute atomic E-state index is 13.3. The van der Waals surface area contributed by atoms with E-state index >= 15 is 0 Å². The Labute approximate surface area is 128 Å². The fraction of sp³-hybridized carbons (Fsp3) is 0.143. The van der Waals surface area contributed by atoms with E-state index in [9.17, 15) is 18.0 Å². The summed E-state index contributed by atoms with van der Waals surface area (Å²) in [5, 5.41) is 6.08. The smallest absolute Gasteiger partial charge is 0.341 e. The van der Waals surface area contributed by atoms with E-state index in [1.165, 1.54) is 24.3 Å². The number of carbonyl (C=O) groups excluding carboxylic acids is 1. The first-order valence-corrected chi connectivity index (χ1v) is 6.35. The number of alkyl halides is 3. The van der Waals surface area contributed by atoms with Crippen molar-refractivity contribution in [3.63, 3.8) is 0 Å². The highest BCUT2D eigenvalue weighted by atomic mass is 35.5. The van der Waals surface area contributed by atoms with Crippen molar-refractivity contribution >= 4 is 17.5 Å². The van der Waals surface area contributed by atoms with Crippen molar-refractivity contribution in [1.29, 1.82) is 0 Å². The molecule has 0 radical (unpaired) electrons. The highest BCUT2D eigenvalue weighted by Crippen LogP contribution is 2.33. The lowest BCUT2D eigenvalue weighted by Crippen LogP contribution is -2.26. The Morgan fingerprint density at radius 2 is 2.18 bits per heavy atom. The Balaban J connectivity index is 2.55. The number of rotatable bonds is 3. The van der Waals surface area contributed by atoms with Crippen LogP contribution in [0.4, 0.5) is 13.2 Å². The summed E-state index contributed by atoms with van der Waals surface area (Å²) in [5.74, 6) is 1.17. The van der Waals surface area contributed by atoms with E-state index in [1.807, 2.05) is 0 Å². The van der Waals surface area contributed by atoms with Gasteiger partial charge in [-0.3, -0.25) is 4.79 Å². The molecule has 1 N–H and O–H groups in total. The molecule has 0 fully saturated rings. The van der Waals surface area contributed by atoms with E-state index in [1.54, 1.807) is 0 Å². The van der Waals surface area contributed by atoms with E-state index in [4.69, 9.17) is 18.0 Å². The lowest BCUT2D eigenvalue weighted by atomic mass is 10.2. The van der Waals surface area contributed by atoms with Gasteiger partial charge in [-0.25, -0.2) is 4.68 Å². The molecule has 1 heterocycles. The minimum Gasteiger partial charge on any atom is -0.341 e. The van der Waals surface area contributed by atoms with Crippen LogP contribution in [0.25, 0.3) is 5.69 Å². The zero-order valence-electron chi connectivity index (χ0n) is 11.0. The Morgan fingerprint density at radius 1 is 1.45 bits per heavy atom. The third-order valence-corrected chi connectivity index (χ3v) is 2.92. The second kappa shape index (κ2) is 6.12. The molecule has 0 saturated carbocycles. The molecule has 1 aromatic heterocycles. The predicted molar refractivity (Wildman–Crippen MR) is 74.7 cm³/mol. The average Bonchev–Trinajstić information content (AvgIpc) is 2.89. The van der Waals surface area contributed by atoms with E-state index in [-0.39, 0.29) is 17.3 Å². The first kappa shape index (κ1) is 15.9. The second-order valence-corrected chi connectivity index (χ2v) is 4.62. The summed E-state index contributed by atoms with van der Waals surface area (Å²) in [6, 6.07) is 5.71. The molecule has 114 valence electrons. The van der Waals surface area contributed by atoms with Crippen molar-refractivity contribution in [3.05, 3.63) is 46.7 Å². The number of hydrogen-bond acceptors (Lipinski definition) is 2. The third kappa shape index (κ3) is 3.23. The van der Waals surface area contributed by atoms with Gasteiger partial charge in [-0.1, -0.05) is 23.6 Å². The Bertz CT molecular complexity index is 747. The fourth-order valence-corrected chi connectivity index (χ4v) is 2.00. The Hall–Kier alpha value is -2.46. The lowest BCUT2D eigenvalue weighted by Gasteiger charge is -2.12. The minimum absolute atomic E-state index is 0.0934. The number of hydrogen-bond donors (Lipinski definition) is 1. The number of amides is 1. The number of aromatic nitrogens is 2. The summed E-state index contributed by atoms with van der Waals surface area (Å²) in [4.78, 5) is 11.8. The van der Waals surface area contributed by atoms with Gasteiger partial charge in [0, 0.05) is 5.02 Å². The second-order valence-electron chi connectivity index (χ2n) is 4.18. The van der Waals surface area contributed by atoms with Crippen LogP contribution < -0.4 is 5.32 Å². The van der Waals surface area contributed by atoms with Crippen LogP contribution in [0.3, 0.4) is 0 Å². The minimum atomic E-state index is -4.78. The van der Waals surface area contributed by atoms with Crippen LogP contribution >= 0.6 is 11.6 Å². The van der Waals surface area contributed by atoms with Crippen LogP contribution in [-0.2, 0) is 6.18 Å². The molecule has 1 amide bonds. The molecule has 8 heteroatoms. The molecule has 0 unspecified atom stereocenters. The van der Waals surface area contributed by atoms with E-state index in [2.05, 4.69) is 16.3 Å². The summed E-state index contributed by atoms with van der Waals surface area (Å²) < 4.78 is 40.5. The fourth-order valence-electron chi connectivity index (χ4n) is 1.82. The van der Waals surface area contributed by atoms with Gasteiger partial charge in [-0.15, -0.1) is 6.42 Å². The monoisotopic (exact) mass is 327 g/mol. The number of halogens is 4. The van der Waals surface area contributed by atoms with Crippen LogP contribution in [0.5, 0.6) is 0 Å². The van der Waals surface area contributed by atoms with Crippen molar-refractivity contribution in [2.24, 2.45) is 0 Å². The molecule has 0 aliphatic rings. The van der Waals surface area contributed by atoms with Gasteiger partial charge in [0.05, 0.1) is 24.0 Å². The molecule has 0 bridgehead atoms. The van der Waals surface area contributed by atoms with Gasteiger partial charge in [0.1, 0.15) is 0 Å². The van der Waals surface area contributed by atoms with Gasteiger partial charge >= 0.3 is 6.18 Å². The van der Waals surface area contributed by atoms with E-state index < -0.39 is 23.3 Å². The van der Waals surface area contributed by atoms with Crippen LogP contribution in [0.15, 0.2) is 30.5 Å². The Morgan fingerprint density at radius 3 is 2.77 bits per heavy atom. The highest BCUT2D eigenvalue weighted by molar-refractivity contribution is 6.30. The van der Waals surface area contributed by atoms with Crippen molar-refractivity contribution < 1.29 is 18.0 Å². The van der Waals surface area contributed by atoms with Crippen LogP contribution in [-0.4, -0.2) is 22.2 Å². The lowest BCUT2D eigenvalue weighted by molar-refractivity contribution is -0.143. The van der Waals surface area contributed by atoms with Crippen molar-refractivity contribution in [3.8, 4) is 18.0 Å². The van der Waals surface area contributed by atoms with Crippen LogP contribution in [0.2, 0.25) is 5.02 Å². The maximum atomic E-state index is 13.3. The van der Waals surface area contributed by atoms with E-state index in [0.29, 0.717) is 4.68 Å². The predicted octanol–water partition coefficient (Wildman–Crippen LogP) is 2.91. The molecule has 0 atom stereocenters. The molecule has 1 aromatic carbocycles. The van der Waals surface area contributed by atoms with Crippen molar-refractivity contribution in [1.82, 2.24) is 15.1 Å². The zero-order chi connectivity index (χ0) is 16.3. The standard InChI is InChI=1S/C14H9ClF3N3O/c1-2-6-19-13(22)11-8-20-21(12(11)14(16,17)18)10-5-3-4-9(15)7-10/h1,3-5,7-8H,6H2,(H,19,22). The summed E-state index contributed by atoms with van der Waals surface area (Å²) in [5.41, 5.74) is -1.71. The summed E-state index contributed by atoms with van der Waals surface area (Å²) in [6.45, 7) is -0.182. The third-order valence-electron chi connectivity index (χ3n) is 2.69. The highest BCUT2D eigenvalue weighted by Gasteiger charge is 2.40. The van der Waals surface area contributed by atoms with Gasteiger partial charge < -0.3 is 5.32 Å². The van der Waals surface area contributed by atoms with Crippen LogP contribution in [0.1, 0.15) is 16.1 Å². The summed E-state index contributed by atoms with van der Waals surface area (Å²) in [7, 11) is 0. The topological polar surface area (TPSA) is 46.9 Å². The normalized spacial score (nSPS) is 11.0. The molecule has 2 aromatic rings. The first-order valence-electron chi connectivity index (χ1n) is 5.97. The van der Waals surface area contributed by atoms with Crippen molar-refractivity contribution in [2.45, 2.75) is 6.18 Å². The molecular weight excluding hydrogens is 319 g/mol. The number of nitrogens with one attached hydrogen (secondary N) is 1. The molecule has 22 heavy (non-hydrogen) atoms. The molecule has 2 rings (SSSR count). The van der Waals surface area contributed by atoms with Crippen LogP contribution in [0, 0.1) is 12.3 Å². The average molecular weight is 328 g/mol. The largest absolute Gasteiger partial charge is 0.434 e. The van der Waals surface area contributed by atoms with Crippen molar-refractivity contribution in [2.75, 3.05) is 6.54 Å². The molecule has 0 aliphatic heterocycles. The summed E-state index contributed by atoms with van der Waals surface area (Å²) in [6.07, 6.45) is 1.04. The van der Waals surface area contributed by atoms with Gasteiger partial charge in [0.15, 0.2) is 5.69 Å². The summed E-state index contributed by atoms with van der Waals surface area (Å²) >= 11 is 5.78. The van der Waals surface area contributed by atoms with Gasteiger partial charge in [-0.2, -0.15) is 18.3 Å². The quantitative estimate of drug-likeness (QED) is 0.881. The molecular formula is C14H9ClF3N3O. The molecule has 0 spiro atoms. The molecule has 0 aliphatic carbocycles. The van der Waals surface area contributed by atoms with Gasteiger partial charge in [0.2, 0.25) is 0 Å². The number of benzene rings is 1. The molecule has 4 nitrogen and oxygen atoms in total. The maximum Gasteiger partial charge on any atom is 0.434 e. The molecule has 0 saturated heterocycles. The zero-order valence-corrected chi connectivity index (χ0v) is 11.7. The van der Waals surface area contributed by atoms with Gasteiger partial charge in [-0.05, 0) is 18.2 Å².